The third-order valence-corrected chi connectivity index (χ3v) is 3.37. The third kappa shape index (κ3) is 8.54. The maximum atomic E-state index is 12.3. The van der Waals surface area contributed by atoms with Crippen LogP contribution in [0.4, 0.5) is 4.79 Å². The number of hydrogen-bond acceptors (Lipinski definition) is 6. The Morgan fingerprint density at radius 2 is 1.67 bits per heavy atom. The van der Waals surface area contributed by atoms with Crippen LogP contribution in [0.3, 0.4) is 0 Å². The Labute approximate surface area is 159 Å². The zero-order chi connectivity index (χ0) is 20.6. The lowest BCUT2D eigenvalue weighted by Crippen LogP contribution is -2.55. The van der Waals surface area contributed by atoms with Crippen LogP contribution in [0.15, 0.2) is 30.3 Å². The molecule has 3 atom stereocenters. The number of carbonyl (C=O) groups excluding carboxylic acids is 3. The first kappa shape index (κ1) is 22.4. The number of hydrogen-bond donors (Lipinski definition) is 3. The van der Waals surface area contributed by atoms with E-state index in [0.717, 1.165) is 5.56 Å². The van der Waals surface area contributed by atoms with Gasteiger partial charge in [-0.25, -0.2) is 9.59 Å². The topological polar surface area (TPSA) is 114 Å². The van der Waals surface area contributed by atoms with Gasteiger partial charge in [-0.3, -0.25) is 4.79 Å². The van der Waals surface area contributed by atoms with Gasteiger partial charge in [0, 0.05) is 0 Å². The average Bonchev–Trinajstić information content (AvgIpc) is 2.56. The van der Waals surface area contributed by atoms with Crippen LogP contribution in [0.1, 0.15) is 40.2 Å². The molecule has 0 unspecified atom stereocenters. The second kappa shape index (κ2) is 9.91. The zero-order valence-corrected chi connectivity index (χ0v) is 16.3. The summed E-state index contributed by atoms with van der Waals surface area (Å²) in [7, 11) is 0. The number of alkyl carbamates (subject to hydrolysis) is 1. The molecule has 0 aliphatic heterocycles. The van der Waals surface area contributed by atoms with Crippen molar-refractivity contribution in [3.05, 3.63) is 35.9 Å². The van der Waals surface area contributed by atoms with Crippen molar-refractivity contribution >= 4 is 18.0 Å². The molecule has 1 rings (SSSR count). The number of carbonyl (C=O) groups is 3. The number of rotatable bonds is 7. The van der Waals surface area contributed by atoms with E-state index in [9.17, 15) is 19.5 Å². The maximum Gasteiger partial charge on any atom is 0.408 e. The zero-order valence-electron chi connectivity index (χ0n) is 16.3. The lowest BCUT2D eigenvalue weighted by molar-refractivity contribution is -0.158. The molecule has 0 saturated heterocycles. The number of amides is 2. The Bertz CT molecular complexity index is 639. The summed E-state index contributed by atoms with van der Waals surface area (Å²) in [5, 5.41) is 14.5. The number of aliphatic hydroxyl groups is 1. The van der Waals surface area contributed by atoms with E-state index < -0.39 is 41.8 Å². The van der Waals surface area contributed by atoms with Gasteiger partial charge in [-0.2, -0.15) is 0 Å². The molecule has 0 saturated carbocycles. The van der Waals surface area contributed by atoms with Crippen molar-refractivity contribution in [2.24, 2.45) is 0 Å². The number of aliphatic hydroxyl groups excluding tert-OH is 1. The fraction of sp³-hybridized carbons (Fsp3) is 0.526. The fourth-order valence-corrected chi connectivity index (χ4v) is 2.05. The summed E-state index contributed by atoms with van der Waals surface area (Å²) in [6.07, 6.45) is -2.05. The van der Waals surface area contributed by atoms with Crippen LogP contribution in [0.25, 0.3) is 0 Å². The van der Waals surface area contributed by atoms with E-state index in [4.69, 9.17) is 9.47 Å². The van der Waals surface area contributed by atoms with E-state index in [-0.39, 0.29) is 6.61 Å². The highest BCUT2D eigenvalue weighted by Crippen LogP contribution is 2.08. The highest BCUT2D eigenvalue weighted by Gasteiger charge is 2.30. The highest BCUT2D eigenvalue weighted by atomic mass is 16.6. The maximum absolute atomic E-state index is 12.3. The van der Waals surface area contributed by atoms with Gasteiger partial charge in [-0.15, -0.1) is 0 Å². The average molecular weight is 380 g/mol. The standard InChI is InChI=1S/C19H28N2O6/c1-12(17(24)27-19(3,4)5)20-16(23)15(13(2)22)21-18(25)26-11-14-9-7-6-8-10-14/h6-10,12-13,15,22H,11H2,1-5H3,(H,20,23)(H,21,25)/t12-,13-,15+/m0/s1. The molecule has 8 heteroatoms. The summed E-state index contributed by atoms with van der Waals surface area (Å²) in [4.78, 5) is 36.2. The van der Waals surface area contributed by atoms with Crippen LogP contribution in [0.2, 0.25) is 0 Å². The van der Waals surface area contributed by atoms with Crippen molar-refractivity contribution in [1.82, 2.24) is 10.6 Å². The van der Waals surface area contributed by atoms with Crippen molar-refractivity contribution in [1.29, 1.82) is 0 Å². The van der Waals surface area contributed by atoms with E-state index in [1.807, 2.05) is 6.07 Å². The first-order valence-electron chi connectivity index (χ1n) is 8.68. The van der Waals surface area contributed by atoms with E-state index in [2.05, 4.69) is 10.6 Å². The van der Waals surface area contributed by atoms with Crippen LogP contribution in [0.5, 0.6) is 0 Å². The molecule has 2 amide bonds. The minimum absolute atomic E-state index is 0.0229. The van der Waals surface area contributed by atoms with Gasteiger partial charge in [0.15, 0.2) is 0 Å². The first-order chi connectivity index (χ1) is 12.5. The van der Waals surface area contributed by atoms with Crippen molar-refractivity contribution in [2.75, 3.05) is 0 Å². The lowest BCUT2D eigenvalue weighted by atomic mass is 10.1. The number of esters is 1. The van der Waals surface area contributed by atoms with E-state index >= 15 is 0 Å². The molecule has 150 valence electrons. The van der Waals surface area contributed by atoms with Gasteiger partial charge >= 0.3 is 12.1 Å². The summed E-state index contributed by atoms with van der Waals surface area (Å²) < 4.78 is 10.2. The summed E-state index contributed by atoms with van der Waals surface area (Å²) in [5.74, 6) is -1.34. The van der Waals surface area contributed by atoms with Gasteiger partial charge in [0.05, 0.1) is 6.10 Å². The van der Waals surface area contributed by atoms with E-state index in [1.54, 1.807) is 45.0 Å². The number of benzene rings is 1. The van der Waals surface area contributed by atoms with Crippen LogP contribution < -0.4 is 10.6 Å². The molecule has 3 N–H and O–H groups in total. The normalized spacial score (nSPS) is 14.4. The number of ether oxygens (including phenoxy) is 2. The molecule has 0 radical (unpaired) electrons. The quantitative estimate of drug-likeness (QED) is 0.618. The Balaban J connectivity index is 2.59. The fourth-order valence-electron chi connectivity index (χ4n) is 2.05. The first-order valence-corrected chi connectivity index (χ1v) is 8.68. The van der Waals surface area contributed by atoms with Gasteiger partial charge in [0.2, 0.25) is 5.91 Å². The predicted molar refractivity (Wildman–Crippen MR) is 98.7 cm³/mol. The Morgan fingerprint density at radius 3 is 2.19 bits per heavy atom. The molecule has 8 nitrogen and oxygen atoms in total. The molecule has 0 spiro atoms. The van der Waals surface area contributed by atoms with Gasteiger partial charge in [-0.05, 0) is 40.2 Å². The van der Waals surface area contributed by atoms with Crippen molar-refractivity contribution in [2.45, 2.75) is 65.0 Å². The predicted octanol–water partition coefficient (Wildman–Crippen LogP) is 1.51. The van der Waals surface area contributed by atoms with E-state index in [0.29, 0.717) is 0 Å². The number of nitrogens with one attached hydrogen (secondary N) is 2. The van der Waals surface area contributed by atoms with Gasteiger partial charge in [-0.1, -0.05) is 30.3 Å². The minimum atomic E-state index is -1.28. The molecule has 0 aromatic heterocycles. The summed E-state index contributed by atoms with van der Waals surface area (Å²) in [5.41, 5.74) is 0.0865. The van der Waals surface area contributed by atoms with Crippen LogP contribution in [-0.2, 0) is 25.7 Å². The van der Waals surface area contributed by atoms with Gasteiger partial charge < -0.3 is 25.2 Å². The molecule has 0 heterocycles. The molecule has 1 aromatic rings. The minimum Gasteiger partial charge on any atom is -0.458 e. The summed E-state index contributed by atoms with van der Waals surface area (Å²) >= 11 is 0. The molecule has 0 aliphatic rings. The third-order valence-electron chi connectivity index (χ3n) is 3.37. The molecule has 27 heavy (non-hydrogen) atoms. The van der Waals surface area contributed by atoms with Crippen LogP contribution >= 0.6 is 0 Å². The van der Waals surface area contributed by atoms with Crippen molar-refractivity contribution in [3.8, 4) is 0 Å². The lowest BCUT2D eigenvalue weighted by Gasteiger charge is -2.25. The summed E-state index contributed by atoms with van der Waals surface area (Å²) in [6.45, 7) is 7.96. The van der Waals surface area contributed by atoms with Crippen molar-refractivity contribution in [3.63, 3.8) is 0 Å². The SMILES string of the molecule is C[C@H](NC(=O)[C@H](NC(=O)OCc1ccccc1)[C@H](C)O)C(=O)OC(C)(C)C. The Kier molecular flexibility index (Phi) is 8.24. The van der Waals surface area contributed by atoms with Gasteiger partial charge in [0.25, 0.3) is 0 Å². The molecule has 1 aromatic carbocycles. The molecule has 0 fully saturated rings. The highest BCUT2D eigenvalue weighted by molar-refractivity contribution is 5.90. The Hall–Kier alpha value is -2.61. The van der Waals surface area contributed by atoms with Crippen LogP contribution in [0, 0.1) is 0 Å². The monoisotopic (exact) mass is 380 g/mol. The van der Waals surface area contributed by atoms with Gasteiger partial charge in [0.1, 0.15) is 24.3 Å². The van der Waals surface area contributed by atoms with Crippen LogP contribution in [-0.4, -0.2) is 46.9 Å². The molecule has 0 aliphatic carbocycles. The van der Waals surface area contributed by atoms with E-state index in [1.165, 1.54) is 13.8 Å². The largest absolute Gasteiger partial charge is 0.458 e. The Morgan fingerprint density at radius 1 is 1.07 bits per heavy atom. The summed E-state index contributed by atoms with van der Waals surface area (Å²) in [6, 6.07) is 6.80. The molecular formula is C19H28N2O6. The molecule has 0 bridgehead atoms. The van der Waals surface area contributed by atoms with Crippen molar-refractivity contribution < 1.29 is 29.0 Å². The smallest absolute Gasteiger partial charge is 0.408 e. The molecular weight excluding hydrogens is 352 g/mol. The second-order valence-electron chi connectivity index (χ2n) is 7.19. The second-order valence-corrected chi connectivity index (χ2v) is 7.19.